The van der Waals surface area contributed by atoms with E-state index in [9.17, 15) is 9.65 Å². The van der Waals surface area contributed by atoms with Crippen LogP contribution in [0.15, 0.2) is 42.5 Å². The van der Waals surface area contributed by atoms with E-state index >= 15 is 0 Å². The summed E-state index contributed by atoms with van der Waals surface area (Å²) in [6.07, 6.45) is 0. The number of hydrogen-bond donors (Lipinski definition) is 1. The molecule has 0 spiro atoms. The van der Waals surface area contributed by atoms with Crippen LogP contribution in [0.2, 0.25) is 5.02 Å². The fourth-order valence-corrected chi connectivity index (χ4v) is 2.01. The van der Waals surface area contributed by atoms with Crippen molar-refractivity contribution in [2.75, 3.05) is 5.32 Å². The number of halogens is 2. The second kappa shape index (κ2) is 5.73. The van der Waals surface area contributed by atoms with Crippen LogP contribution < -0.4 is 5.32 Å². The fraction of sp³-hybridized carbons (Fsp3) is 0.133. The summed E-state index contributed by atoms with van der Waals surface area (Å²) >= 11 is 5.96. The van der Waals surface area contributed by atoms with Crippen LogP contribution in [0.3, 0.4) is 0 Å². The molecule has 0 bridgehead atoms. The zero-order chi connectivity index (χ0) is 13.8. The first kappa shape index (κ1) is 13.4. The van der Waals surface area contributed by atoms with Crippen molar-refractivity contribution in [3.63, 3.8) is 0 Å². The predicted molar refractivity (Wildman–Crippen MR) is 74.6 cm³/mol. The van der Waals surface area contributed by atoms with Crippen LogP contribution in [-0.4, -0.2) is 0 Å². The summed E-state index contributed by atoms with van der Waals surface area (Å²) in [6, 6.07) is 13.2. The number of anilines is 1. The third-order valence-corrected chi connectivity index (χ3v) is 3.09. The van der Waals surface area contributed by atoms with Crippen LogP contribution in [0.5, 0.6) is 0 Å². The second-order valence-corrected chi connectivity index (χ2v) is 4.65. The molecule has 2 nitrogen and oxygen atoms in total. The van der Waals surface area contributed by atoms with Gasteiger partial charge in [0.25, 0.3) is 0 Å². The van der Waals surface area contributed by atoms with E-state index in [1.54, 1.807) is 0 Å². The Morgan fingerprint density at radius 1 is 1.21 bits per heavy atom. The van der Waals surface area contributed by atoms with E-state index in [0.29, 0.717) is 5.56 Å². The summed E-state index contributed by atoms with van der Waals surface area (Å²) < 4.78 is 13.0. The highest BCUT2D eigenvalue weighted by molar-refractivity contribution is 6.31. The van der Waals surface area contributed by atoms with Gasteiger partial charge in [-0.25, -0.2) is 4.39 Å². The molecular weight excluding hydrogens is 263 g/mol. The van der Waals surface area contributed by atoms with Crippen LogP contribution >= 0.6 is 11.6 Å². The lowest BCUT2D eigenvalue weighted by Crippen LogP contribution is -2.09. The molecular formula is C15H12ClFN2. The van der Waals surface area contributed by atoms with Crippen molar-refractivity contribution in [3.05, 3.63) is 64.4 Å². The molecule has 2 aromatic rings. The number of nitrogens with one attached hydrogen (secondary N) is 1. The van der Waals surface area contributed by atoms with Crippen molar-refractivity contribution in [2.24, 2.45) is 0 Å². The highest BCUT2D eigenvalue weighted by Crippen LogP contribution is 2.26. The lowest BCUT2D eigenvalue weighted by atomic mass is 10.1. The average Bonchev–Trinajstić information content (AvgIpc) is 2.39. The minimum absolute atomic E-state index is 0.242. The molecule has 0 saturated carbocycles. The van der Waals surface area contributed by atoms with Gasteiger partial charge in [0.2, 0.25) is 0 Å². The van der Waals surface area contributed by atoms with E-state index in [4.69, 9.17) is 11.6 Å². The van der Waals surface area contributed by atoms with Gasteiger partial charge in [0.1, 0.15) is 11.9 Å². The summed E-state index contributed by atoms with van der Waals surface area (Å²) in [6.45, 7) is 1.99. The lowest BCUT2D eigenvalue weighted by Gasteiger charge is -2.14. The maximum atomic E-state index is 13.0. The van der Waals surface area contributed by atoms with Crippen LogP contribution in [0, 0.1) is 24.1 Å². The maximum absolute atomic E-state index is 13.0. The van der Waals surface area contributed by atoms with Crippen LogP contribution in [0.4, 0.5) is 10.1 Å². The zero-order valence-electron chi connectivity index (χ0n) is 10.3. The molecule has 2 rings (SSSR count). The molecule has 4 heteroatoms. The smallest absolute Gasteiger partial charge is 0.141 e. The first-order valence-corrected chi connectivity index (χ1v) is 6.15. The summed E-state index contributed by atoms with van der Waals surface area (Å²) in [7, 11) is 0. The van der Waals surface area contributed by atoms with Crippen molar-refractivity contribution in [1.29, 1.82) is 5.26 Å². The number of rotatable bonds is 3. The van der Waals surface area contributed by atoms with Gasteiger partial charge in [-0.1, -0.05) is 35.4 Å². The Balaban J connectivity index is 2.25. The minimum Gasteiger partial charge on any atom is -0.366 e. The third-order valence-electron chi connectivity index (χ3n) is 2.77. The molecule has 0 aliphatic carbocycles. The molecule has 0 amide bonds. The van der Waals surface area contributed by atoms with E-state index in [1.165, 1.54) is 18.2 Å². The van der Waals surface area contributed by atoms with E-state index in [1.807, 2.05) is 31.2 Å². The number of nitrogens with zero attached hydrogens (tertiary/aromatic N) is 1. The highest BCUT2D eigenvalue weighted by atomic mass is 35.5. The summed E-state index contributed by atoms with van der Waals surface area (Å²) in [5.74, 6) is -0.416. The van der Waals surface area contributed by atoms with Gasteiger partial charge in [0.15, 0.2) is 0 Å². The summed E-state index contributed by atoms with van der Waals surface area (Å²) in [4.78, 5) is 0. The molecule has 1 N–H and O–H groups in total. The second-order valence-electron chi connectivity index (χ2n) is 4.24. The minimum atomic E-state index is -0.615. The van der Waals surface area contributed by atoms with Gasteiger partial charge in [-0.15, -0.1) is 0 Å². The van der Waals surface area contributed by atoms with Crippen LogP contribution in [0.1, 0.15) is 17.2 Å². The number of hydrogen-bond acceptors (Lipinski definition) is 2. The first-order chi connectivity index (χ1) is 9.10. The Hall–Kier alpha value is -2.05. The van der Waals surface area contributed by atoms with Crippen molar-refractivity contribution in [1.82, 2.24) is 0 Å². The Morgan fingerprint density at radius 2 is 1.89 bits per heavy atom. The highest BCUT2D eigenvalue weighted by Gasteiger charge is 2.14. The van der Waals surface area contributed by atoms with Gasteiger partial charge in [0.05, 0.1) is 6.07 Å². The summed E-state index contributed by atoms with van der Waals surface area (Å²) in [5, 5.41) is 12.5. The molecule has 1 atom stereocenters. The molecule has 96 valence electrons. The van der Waals surface area contributed by atoms with E-state index in [2.05, 4.69) is 11.4 Å². The van der Waals surface area contributed by atoms with Gasteiger partial charge in [-0.05, 0) is 31.2 Å². The van der Waals surface area contributed by atoms with Crippen molar-refractivity contribution >= 4 is 17.3 Å². The molecule has 0 aromatic heterocycles. The summed E-state index contributed by atoms with van der Waals surface area (Å²) in [5.41, 5.74) is 2.52. The Kier molecular flexibility index (Phi) is 4.03. The van der Waals surface area contributed by atoms with Gasteiger partial charge in [-0.3, -0.25) is 0 Å². The predicted octanol–water partition coefficient (Wildman–Crippen LogP) is 4.46. The molecule has 0 radical (unpaired) electrons. The van der Waals surface area contributed by atoms with E-state index in [0.717, 1.165) is 11.3 Å². The lowest BCUT2D eigenvalue weighted by molar-refractivity contribution is 0.627. The number of benzene rings is 2. The quantitative estimate of drug-likeness (QED) is 0.897. The van der Waals surface area contributed by atoms with Gasteiger partial charge in [0, 0.05) is 16.3 Å². The first-order valence-electron chi connectivity index (χ1n) is 5.78. The monoisotopic (exact) mass is 274 g/mol. The SMILES string of the molecule is Cc1ccc(NC(C#N)c2ccc(F)cc2Cl)cc1. The zero-order valence-corrected chi connectivity index (χ0v) is 11.1. The van der Waals surface area contributed by atoms with Gasteiger partial charge >= 0.3 is 0 Å². The standard InChI is InChI=1S/C15H12ClFN2/c1-10-2-5-12(6-3-10)19-15(9-18)13-7-4-11(17)8-14(13)16/h2-8,15,19H,1H3. The molecule has 19 heavy (non-hydrogen) atoms. The van der Waals surface area contributed by atoms with Crippen molar-refractivity contribution in [3.8, 4) is 6.07 Å². The van der Waals surface area contributed by atoms with E-state index in [-0.39, 0.29) is 5.02 Å². The average molecular weight is 275 g/mol. The molecule has 0 aliphatic rings. The largest absolute Gasteiger partial charge is 0.366 e. The van der Waals surface area contributed by atoms with E-state index < -0.39 is 11.9 Å². The molecule has 0 fully saturated rings. The van der Waals surface area contributed by atoms with Crippen molar-refractivity contribution in [2.45, 2.75) is 13.0 Å². The van der Waals surface area contributed by atoms with Crippen molar-refractivity contribution < 1.29 is 4.39 Å². The van der Waals surface area contributed by atoms with Gasteiger partial charge < -0.3 is 5.32 Å². The molecule has 2 aromatic carbocycles. The molecule has 0 heterocycles. The molecule has 0 aliphatic heterocycles. The Bertz CT molecular complexity index is 617. The molecule has 1 unspecified atom stereocenters. The normalized spacial score (nSPS) is 11.7. The number of nitriles is 1. The fourth-order valence-electron chi connectivity index (χ4n) is 1.73. The Morgan fingerprint density at radius 3 is 2.47 bits per heavy atom. The van der Waals surface area contributed by atoms with Crippen LogP contribution in [-0.2, 0) is 0 Å². The topological polar surface area (TPSA) is 35.8 Å². The van der Waals surface area contributed by atoms with Gasteiger partial charge in [-0.2, -0.15) is 5.26 Å². The Labute approximate surface area is 116 Å². The maximum Gasteiger partial charge on any atom is 0.141 e. The number of aryl methyl sites for hydroxylation is 1. The molecule has 0 saturated heterocycles. The third kappa shape index (κ3) is 3.24. The van der Waals surface area contributed by atoms with Crippen LogP contribution in [0.25, 0.3) is 0 Å².